The summed E-state index contributed by atoms with van der Waals surface area (Å²) < 4.78 is 12.0. The van der Waals surface area contributed by atoms with Gasteiger partial charge in [-0.2, -0.15) is 0 Å². The van der Waals surface area contributed by atoms with Gasteiger partial charge in [-0.15, -0.1) is 0 Å². The molecule has 0 saturated carbocycles. The Hall–Kier alpha value is -3.22. The van der Waals surface area contributed by atoms with Crippen LogP contribution in [0.15, 0.2) is 24.3 Å². The van der Waals surface area contributed by atoms with Gasteiger partial charge in [0, 0.05) is 54.1 Å². The van der Waals surface area contributed by atoms with E-state index in [2.05, 4.69) is 54.1 Å². The van der Waals surface area contributed by atoms with Crippen LogP contribution in [-0.2, 0) is 35.1 Å². The lowest BCUT2D eigenvalue weighted by molar-refractivity contribution is -0.147. The third-order valence-corrected chi connectivity index (χ3v) is 10.9. The summed E-state index contributed by atoms with van der Waals surface area (Å²) >= 11 is 0. The van der Waals surface area contributed by atoms with Gasteiger partial charge in [0.2, 0.25) is 23.6 Å². The van der Waals surface area contributed by atoms with Crippen molar-refractivity contribution < 1.29 is 28.7 Å². The molecule has 1 aliphatic rings. The van der Waals surface area contributed by atoms with E-state index < -0.39 is 36.3 Å². The fourth-order valence-electron chi connectivity index (χ4n) is 7.50. The minimum Gasteiger partial charge on any atom is -0.379 e. The summed E-state index contributed by atoms with van der Waals surface area (Å²) in [7, 11) is 10.7. The number of amides is 4. The van der Waals surface area contributed by atoms with Crippen LogP contribution in [0.5, 0.6) is 0 Å². The van der Waals surface area contributed by atoms with Crippen LogP contribution in [0.2, 0.25) is 0 Å². The predicted molar refractivity (Wildman–Crippen MR) is 208 cm³/mol. The number of hydrogen-bond donors (Lipinski definition) is 3. The minimum absolute atomic E-state index is 0.00618. The SMILES string of the molecule is CCC(C)C([C@@H](CC(=O)N1CCC[C@H]1[C@H](OC)[C@@H](C)C(=O)NCCc1ccc(N(C)C)cc1)OC)N(C)C(=O)[C@@H](NC(=O)C(NC)C(C)C)C(C)C. The van der Waals surface area contributed by atoms with E-state index in [1.165, 1.54) is 0 Å². The van der Waals surface area contributed by atoms with Crippen molar-refractivity contribution in [1.29, 1.82) is 0 Å². The van der Waals surface area contributed by atoms with Gasteiger partial charge in [0.1, 0.15) is 6.04 Å². The number of methoxy groups -OCH3 is 2. The van der Waals surface area contributed by atoms with Crippen molar-refractivity contribution in [1.82, 2.24) is 25.8 Å². The Kier molecular flexibility index (Phi) is 18.6. The molecule has 3 N–H and O–H groups in total. The molecule has 1 saturated heterocycles. The molecule has 0 spiro atoms. The molecule has 52 heavy (non-hydrogen) atoms. The quantitative estimate of drug-likeness (QED) is 0.175. The minimum atomic E-state index is -0.742. The molecule has 4 amide bonds. The molecule has 1 aromatic rings. The first-order valence-corrected chi connectivity index (χ1v) is 19.2. The van der Waals surface area contributed by atoms with Crippen molar-refractivity contribution >= 4 is 29.3 Å². The van der Waals surface area contributed by atoms with E-state index in [4.69, 9.17) is 9.47 Å². The monoisotopic (exact) mass is 731 g/mol. The maximum Gasteiger partial charge on any atom is 0.245 e. The van der Waals surface area contributed by atoms with Gasteiger partial charge < -0.3 is 40.1 Å². The summed E-state index contributed by atoms with van der Waals surface area (Å²) in [6, 6.07) is 6.42. The first-order valence-electron chi connectivity index (χ1n) is 19.2. The Labute approximate surface area is 314 Å². The molecule has 3 unspecified atom stereocenters. The first kappa shape index (κ1) is 44.9. The van der Waals surface area contributed by atoms with Crippen LogP contribution in [0, 0.1) is 23.7 Å². The van der Waals surface area contributed by atoms with E-state index in [1.54, 1.807) is 33.2 Å². The average Bonchev–Trinajstić information content (AvgIpc) is 3.59. The fraction of sp³-hybridized carbons (Fsp3) is 0.750. The Morgan fingerprint density at radius 1 is 0.904 bits per heavy atom. The molecule has 0 bridgehead atoms. The van der Waals surface area contributed by atoms with E-state index in [1.807, 2.05) is 58.5 Å². The van der Waals surface area contributed by atoms with Crippen LogP contribution in [0.25, 0.3) is 0 Å². The van der Waals surface area contributed by atoms with Crippen LogP contribution < -0.4 is 20.9 Å². The average molecular weight is 731 g/mol. The van der Waals surface area contributed by atoms with Crippen molar-refractivity contribution in [3.05, 3.63) is 29.8 Å². The van der Waals surface area contributed by atoms with Crippen molar-refractivity contribution in [2.75, 3.05) is 60.4 Å². The molecular formula is C40H70N6O6. The molecule has 296 valence electrons. The maximum absolute atomic E-state index is 14.1. The van der Waals surface area contributed by atoms with Crippen LogP contribution in [-0.4, -0.2) is 125 Å². The highest BCUT2D eigenvalue weighted by molar-refractivity contribution is 5.90. The molecule has 0 radical (unpaired) electrons. The van der Waals surface area contributed by atoms with Gasteiger partial charge in [-0.25, -0.2) is 0 Å². The summed E-state index contributed by atoms with van der Waals surface area (Å²) in [5, 5.41) is 9.13. The number of nitrogens with zero attached hydrogens (tertiary/aromatic N) is 3. The maximum atomic E-state index is 14.1. The molecule has 2 rings (SSSR count). The van der Waals surface area contributed by atoms with Crippen molar-refractivity contribution in [3.8, 4) is 0 Å². The van der Waals surface area contributed by atoms with Crippen molar-refractivity contribution in [3.63, 3.8) is 0 Å². The highest BCUT2D eigenvalue weighted by Gasteiger charge is 2.43. The summed E-state index contributed by atoms with van der Waals surface area (Å²) in [5.74, 6) is -1.22. The number of likely N-dealkylation sites (tertiary alicyclic amines) is 1. The zero-order valence-electron chi connectivity index (χ0n) is 34.3. The van der Waals surface area contributed by atoms with E-state index in [0.717, 1.165) is 30.5 Å². The summed E-state index contributed by atoms with van der Waals surface area (Å²) in [5.41, 5.74) is 2.27. The Balaban J connectivity index is 2.18. The molecule has 0 aromatic heterocycles. The van der Waals surface area contributed by atoms with E-state index in [0.29, 0.717) is 19.5 Å². The zero-order chi connectivity index (χ0) is 39.3. The number of likely N-dealkylation sites (N-methyl/N-ethyl adjacent to an activating group) is 2. The van der Waals surface area contributed by atoms with E-state index in [-0.39, 0.29) is 53.8 Å². The number of benzene rings is 1. The molecule has 1 aromatic carbocycles. The van der Waals surface area contributed by atoms with E-state index in [9.17, 15) is 19.2 Å². The number of hydrogen-bond acceptors (Lipinski definition) is 8. The Morgan fingerprint density at radius 2 is 1.52 bits per heavy atom. The summed E-state index contributed by atoms with van der Waals surface area (Å²) in [4.78, 5) is 60.3. The molecule has 1 fully saturated rings. The summed E-state index contributed by atoms with van der Waals surface area (Å²) in [6.45, 7) is 14.8. The lowest BCUT2D eigenvalue weighted by atomic mass is 9.89. The lowest BCUT2D eigenvalue weighted by Gasteiger charge is -2.41. The number of nitrogens with one attached hydrogen (secondary N) is 3. The largest absolute Gasteiger partial charge is 0.379 e. The molecule has 8 atom stereocenters. The van der Waals surface area contributed by atoms with Gasteiger partial charge in [0.25, 0.3) is 0 Å². The van der Waals surface area contributed by atoms with Gasteiger partial charge in [-0.1, -0.05) is 67.0 Å². The molecule has 1 heterocycles. The van der Waals surface area contributed by atoms with Gasteiger partial charge in [0.05, 0.1) is 42.7 Å². The second kappa shape index (κ2) is 21.5. The summed E-state index contributed by atoms with van der Waals surface area (Å²) in [6.07, 6.45) is 2.00. The molecular weight excluding hydrogens is 660 g/mol. The van der Waals surface area contributed by atoms with Crippen LogP contribution >= 0.6 is 0 Å². The molecule has 12 nitrogen and oxygen atoms in total. The second-order valence-electron chi connectivity index (χ2n) is 15.4. The molecule has 12 heteroatoms. The zero-order valence-corrected chi connectivity index (χ0v) is 34.3. The number of ether oxygens (including phenoxy) is 2. The number of rotatable bonds is 21. The molecule has 1 aliphatic heterocycles. The molecule has 0 aliphatic carbocycles. The van der Waals surface area contributed by atoms with Crippen LogP contribution in [0.3, 0.4) is 0 Å². The Morgan fingerprint density at radius 3 is 2.02 bits per heavy atom. The van der Waals surface area contributed by atoms with Crippen molar-refractivity contribution in [2.24, 2.45) is 23.7 Å². The third kappa shape index (κ3) is 11.9. The second-order valence-corrected chi connectivity index (χ2v) is 15.4. The lowest BCUT2D eigenvalue weighted by Crippen LogP contribution is -2.59. The normalized spacial score (nSPS) is 18.7. The number of anilines is 1. The van der Waals surface area contributed by atoms with Crippen molar-refractivity contribution in [2.45, 2.75) is 117 Å². The van der Waals surface area contributed by atoms with Crippen LogP contribution in [0.1, 0.15) is 79.7 Å². The van der Waals surface area contributed by atoms with Crippen LogP contribution in [0.4, 0.5) is 5.69 Å². The van der Waals surface area contributed by atoms with Gasteiger partial charge >= 0.3 is 0 Å². The standard InChI is InChI=1S/C40H70N6O6/c1-14-27(6)36(45(11)40(50)35(26(4)5)43-39(49)34(41-8)25(2)3)32(51-12)24-33(47)46-23-15-16-31(46)37(52-13)28(7)38(48)42-22-21-29-17-19-30(20-18-29)44(9)10/h17-20,25-28,31-32,34-37,41H,14-16,21-24H2,1-13H3,(H,42,48)(H,43,49)/t27?,28-,31+,32-,34?,35+,36?,37-/m1/s1. The van der Waals surface area contributed by atoms with Gasteiger partial charge in [-0.05, 0) is 61.8 Å². The highest BCUT2D eigenvalue weighted by Crippen LogP contribution is 2.29. The fourth-order valence-corrected chi connectivity index (χ4v) is 7.50. The van der Waals surface area contributed by atoms with Gasteiger partial charge in [0.15, 0.2) is 0 Å². The topological polar surface area (TPSA) is 133 Å². The Bertz CT molecular complexity index is 1270. The van der Waals surface area contributed by atoms with Gasteiger partial charge in [-0.3, -0.25) is 19.2 Å². The third-order valence-electron chi connectivity index (χ3n) is 10.9. The first-order chi connectivity index (χ1) is 24.5. The van der Waals surface area contributed by atoms with E-state index >= 15 is 0 Å². The predicted octanol–water partition coefficient (Wildman–Crippen LogP) is 3.72. The highest BCUT2D eigenvalue weighted by atomic mass is 16.5. The smallest absolute Gasteiger partial charge is 0.245 e. The number of carbonyl (C=O) groups excluding carboxylic acids is 4. The number of carbonyl (C=O) groups is 4.